The molecular formula is C16H16Cl2N2OS. The first-order valence-electron chi connectivity index (χ1n) is 7.16. The Morgan fingerprint density at radius 1 is 1.36 bits per heavy atom. The molecule has 3 nitrogen and oxygen atoms in total. The highest BCUT2D eigenvalue weighted by Gasteiger charge is 2.28. The normalized spacial score (nSPS) is 18.5. The Morgan fingerprint density at radius 2 is 2.23 bits per heavy atom. The molecule has 1 aromatic carbocycles. The summed E-state index contributed by atoms with van der Waals surface area (Å²) >= 11 is 13.8. The molecule has 3 rings (SSSR count). The fraction of sp³-hybridized carbons (Fsp3) is 0.312. The number of halogens is 2. The van der Waals surface area contributed by atoms with E-state index in [1.807, 2.05) is 0 Å². The van der Waals surface area contributed by atoms with E-state index in [9.17, 15) is 4.79 Å². The van der Waals surface area contributed by atoms with Crippen LogP contribution in [0.3, 0.4) is 0 Å². The smallest absolute Gasteiger partial charge is 0.238 e. The molecule has 0 bridgehead atoms. The number of nitrogens with one attached hydrogen (secondary N) is 1. The van der Waals surface area contributed by atoms with Crippen LogP contribution in [0.4, 0.5) is 5.69 Å². The summed E-state index contributed by atoms with van der Waals surface area (Å²) in [5, 5.41) is 5.98. The Morgan fingerprint density at radius 3 is 3.00 bits per heavy atom. The van der Waals surface area contributed by atoms with Gasteiger partial charge in [-0.1, -0.05) is 29.3 Å². The summed E-state index contributed by atoms with van der Waals surface area (Å²) in [4.78, 5) is 15.8. The summed E-state index contributed by atoms with van der Waals surface area (Å²) in [6, 6.07) is 9.60. The zero-order valence-corrected chi connectivity index (χ0v) is 14.2. The predicted molar refractivity (Wildman–Crippen MR) is 93.0 cm³/mol. The molecule has 22 heavy (non-hydrogen) atoms. The molecule has 1 N–H and O–H groups in total. The molecule has 1 saturated heterocycles. The van der Waals surface area contributed by atoms with Crippen LogP contribution in [-0.2, 0) is 4.79 Å². The highest BCUT2D eigenvalue weighted by atomic mass is 35.5. The zero-order valence-electron chi connectivity index (χ0n) is 11.9. The number of carbonyl (C=O) groups excluding carboxylic acids is 1. The van der Waals surface area contributed by atoms with Gasteiger partial charge in [0.25, 0.3) is 0 Å². The summed E-state index contributed by atoms with van der Waals surface area (Å²) < 4.78 is 0. The minimum absolute atomic E-state index is 0.0624. The van der Waals surface area contributed by atoms with Crippen LogP contribution in [-0.4, -0.2) is 23.9 Å². The first-order valence-corrected chi connectivity index (χ1v) is 8.79. The molecule has 1 aliphatic rings. The van der Waals surface area contributed by atoms with E-state index in [0.29, 0.717) is 28.3 Å². The second-order valence-electron chi connectivity index (χ2n) is 5.32. The number of anilines is 1. The monoisotopic (exact) mass is 354 g/mol. The predicted octanol–water partition coefficient (Wildman–Crippen LogP) is 4.83. The molecule has 1 amide bonds. The molecule has 1 fully saturated rings. The summed E-state index contributed by atoms with van der Waals surface area (Å²) in [7, 11) is 0. The largest absolute Gasteiger partial charge is 0.324 e. The van der Waals surface area contributed by atoms with E-state index < -0.39 is 0 Å². The van der Waals surface area contributed by atoms with E-state index in [2.05, 4.69) is 27.7 Å². The van der Waals surface area contributed by atoms with Crippen LogP contribution in [0.5, 0.6) is 0 Å². The van der Waals surface area contributed by atoms with Gasteiger partial charge in [0.15, 0.2) is 0 Å². The molecule has 0 saturated carbocycles. The molecular weight excluding hydrogens is 339 g/mol. The topological polar surface area (TPSA) is 32.3 Å². The first kappa shape index (κ1) is 15.8. The van der Waals surface area contributed by atoms with Crippen molar-refractivity contribution < 1.29 is 4.79 Å². The van der Waals surface area contributed by atoms with Gasteiger partial charge in [0, 0.05) is 15.9 Å². The second kappa shape index (κ2) is 7.01. The van der Waals surface area contributed by atoms with Crippen LogP contribution in [0.15, 0.2) is 35.7 Å². The molecule has 1 unspecified atom stereocenters. The van der Waals surface area contributed by atoms with Crippen molar-refractivity contribution in [3.8, 4) is 0 Å². The van der Waals surface area contributed by atoms with Crippen molar-refractivity contribution in [3.63, 3.8) is 0 Å². The van der Waals surface area contributed by atoms with Crippen LogP contribution in [0, 0.1) is 0 Å². The Bertz CT molecular complexity index is 660. The number of nitrogens with zero attached hydrogens (tertiary/aromatic N) is 1. The van der Waals surface area contributed by atoms with E-state index >= 15 is 0 Å². The molecule has 1 atom stereocenters. The SMILES string of the molecule is O=C(CN1CCCC1c1cccs1)Nc1cc(Cl)ccc1Cl. The van der Waals surface area contributed by atoms with E-state index in [1.165, 1.54) is 4.88 Å². The fourth-order valence-electron chi connectivity index (χ4n) is 2.79. The van der Waals surface area contributed by atoms with E-state index in [4.69, 9.17) is 23.2 Å². The molecule has 0 aliphatic carbocycles. The van der Waals surface area contributed by atoms with Crippen LogP contribution < -0.4 is 5.32 Å². The Hall–Kier alpha value is -1.07. The number of hydrogen-bond acceptors (Lipinski definition) is 3. The second-order valence-corrected chi connectivity index (χ2v) is 7.14. The summed E-state index contributed by atoms with van der Waals surface area (Å²) in [6.07, 6.45) is 2.22. The molecule has 1 aliphatic heterocycles. The average molecular weight is 355 g/mol. The average Bonchev–Trinajstić information content (AvgIpc) is 3.13. The van der Waals surface area contributed by atoms with Gasteiger partial charge in [-0.3, -0.25) is 9.69 Å². The lowest BCUT2D eigenvalue weighted by molar-refractivity contribution is -0.117. The molecule has 0 spiro atoms. The number of carbonyl (C=O) groups is 1. The minimum atomic E-state index is -0.0624. The lowest BCUT2D eigenvalue weighted by atomic mass is 10.2. The highest BCUT2D eigenvalue weighted by molar-refractivity contribution is 7.10. The van der Waals surface area contributed by atoms with Crippen LogP contribution in [0.1, 0.15) is 23.8 Å². The van der Waals surface area contributed by atoms with E-state index in [1.54, 1.807) is 29.5 Å². The van der Waals surface area contributed by atoms with E-state index in [-0.39, 0.29) is 5.91 Å². The van der Waals surface area contributed by atoms with E-state index in [0.717, 1.165) is 19.4 Å². The van der Waals surface area contributed by atoms with Crippen molar-refractivity contribution in [1.82, 2.24) is 4.90 Å². The summed E-state index contributed by atoms with van der Waals surface area (Å²) in [5.41, 5.74) is 0.561. The number of thiophene rings is 1. The number of rotatable bonds is 4. The van der Waals surface area contributed by atoms with Gasteiger partial charge in [-0.2, -0.15) is 0 Å². The maximum atomic E-state index is 12.3. The number of likely N-dealkylation sites (tertiary alicyclic amines) is 1. The quantitative estimate of drug-likeness (QED) is 0.852. The third-order valence-electron chi connectivity index (χ3n) is 3.78. The Balaban J connectivity index is 1.65. The van der Waals surface area contributed by atoms with Crippen molar-refractivity contribution in [3.05, 3.63) is 50.6 Å². The van der Waals surface area contributed by atoms with Crippen LogP contribution >= 0.6 is 34.5 Å². The molecule has 1 aromatic heterocycles. The van der Waals surface area contributed by atoms with Gasteiger partial charge in [-0.05, 0) is 49.0 Å². The van der Waals surface area contributed by atoms with Gasteiger partial charge in [0.2, 0.25) is 5.91 Å². The van der Waals surface area contributed by atoms with Crippen molar-refractivity contribution in [2.45, 2.75) is 18.9 Å². The van der Waals surface area contributed by atoms with Gasteiger partial charge < -0.3 is 5.32 Å². The number of hydrogen-bond donors (Lipinski definition) is 1. The molecule has 116 valence electrons. The van der Waals surface area contributed by atoms with Gasteiger partial charge in [-0.15, -0.1) is 11.3 Å². The highest BCUT2D eigenvalue weighted by Crippen LogP contribution is 2.34. The maximum Gasteiger partial charge on any atom is 0.238 e. The minimum Gasteiger partial charge on any atom is -0.324 e. The third-order valence-corrected chi connectivity index (χ3v) is 5.32. The standard InChI is InChI=1S/C16H16Cl2N2OS/c17-11-5-6-12(18)13(9-11)19-16(21)10-20-7-1-3-14(20)15-4-2-8-22-15/h2,4-6,8-9,14H,1,3,7,10H2,(H,19,21). The number of amides is 1. The van der Waals surface area contributed by atoms with Crippen molar-refractivity contribution in [2.75, 3.05) is 18.4 Å². The van der Waals surface area contributed by atoms with Crippen molar-refractivity contribution in [2.24, 2.45) is 0 Å². The zero-order chi connectivity index (χ0) is 15.5. The van der Waals surface area contributed by atoms with Crippen LogP contribution in [0.2, 0.25) is 10.0 Å². The summed E-state index contributed by atoms with van der Waals surface area (Å²) in [5.74, 6) is -0.0624. The Labute approximate surface area is 143 Å². The lowest BCUT2D eigenvalue weighted by Crippen LogP contribution is -2.32. The van der Waals surface area contributed by atoms with Crippen LogP contribution in [0.25, 0.3) is 0 Å². The van der Waals surface area contributed by atoms with Crippen molar-refractivity contribution >= 4 is 46.1 Å². The molecule has 0 radical (unpaired) electrons. The maximum absolute atomic E-state index is 12.3. The van der Waals surface area contributed by atoms with Gasteiger partial charge in [0.05, 0.1) is 17.3 Å². The van der Waals surface area contributed by atoms with Gasteiger partial charge in [0.1, 0.15) is 0 Å². The Kier molecular flexibility index (Phi) is 5.03. The molecule has 6 heteroatoms. The molecule has 2 aromatic rings. The molecule has 2 heterocycles. The third kappa shape index (κ3) is 3.63. The number of benzene rings is 1. The summed E-state index contributed by atoms with van der Waals surface area (Å²) in [6.45, 7) is 1.31. The van der Waals surface area contributed by atoms with Crippen molar-refractivity contribution in [1.29, 1.82) is 0 Å². The fourth-order valence-corrected chi connectivity index (χ4v) is 4.02. The lowest BCUT2D eigenvalue weighted by Gasteiger charge is -2.23. The van der Waals surface area contributed by atoms with Gasteiger partial charge in [-0.25, -0.2) is 0 Å². The van der Waals surface area contributed by atoms with Gasteiger partial charge >= 0.3 is 0 Å². The first-order chi connectivity index (χ1) is 10.6.